The highest BCUT2D eigenvalue weighted by molar-refractivity contribution is 6.06. The zero-order chi connectivity index (χ0) is 14.4. The SMILES string of the molecule is O=C(O)Cc1cccc(C(=O)C=Cc2ccncc2)c1. The molecule has 2 aromatic rings. The van der Waals surface area contributed by atoms with Gasteiger partial charge >= 0.3 is 5.97 Å². The lowest BCUT2D eigenvalue weighted by atomic mass is 10.0. The molecule has 0 aliphatic rings. The van der Waals surface area contributed by atoms with E-state index in [1.54, 1.807) is 54.9 Å². The molecule has 0 amide bonds. The fourth-order valence-corrected chi connectivity index (χ4v) is 1.75. The lowest BCUT2D eigenvalue weighted by Crippen LogP contribution is -2.02. The Bertz CT molecular complexity index is 648. The van der Waals surface area contributed by atoms with Gasteiger partial charge in [0.25, 0.3) is 0 Å². The van der Waals surface area contributed by atoms with Gasteiger partial charge in [0.2, 0.25) is 0 Å². The van der Waals surface area contributed by atoms with Crippen molar-refractivity contribution in [2.75, 3.05) is 0 Å². The molecule has 0 spiro atoms. The first-order valence-corrected chi connectivity index (χ1v) is 6.08. The van der Waals surface area contributed by atoms with Crippen molar-refractivity contribution in [1.29, 1.82) is 0 Å². The van der Waals surface area contributed by atoms with E-state index in [9.17, 15) is 9.59 Å². The van der Waals surface area contributed by atoms with E-state index in [2.05, 4.69) is 4.98 Å². The van der Waals surface area contributed by atoms with E-state index in [-0.39, 0.29) is 12.2 Å². The summed E-state index contributed by atoms with van der Waals surface area (Å²) in [7, 11) is 0. The second-order valence-electron chi connectivity index (χ2n) is 4.25. The van der Waals surface area contributed by atoms with Crippen LogP contribution in [0.15, 0.2) is 54.9 Å². The second kappa shape index (κ2) is 6.43. The van der Waals surface area contributed by atoms with Crippen molar-refractivity contribution in [3.8, 4) is 0 Å². The van der Waals surface area contributed by atoms with Crippen molar-refractivity contribution in [2.45, 2.75) is 6.42 Å². The number of hydrogen-bond acceptors (Lipinski definition) is 3. The number of carbonyl (C=O) groups is 2. The summed E-state index contributed by atoms with van der Waals surface area (Å²) < 4.78 is 0. The van der Waals surface area contributed by atoms with Crippen LogP contribution >= 0.6 is 0 Å². The van der Waals surface area contributed by atoms with Crippen molar-refractivity contribution in [1.82, 2.24) is 4.98 Å². The molecule has 100 valence electrons. The number of pyridine rings is 1. The zero-order valence-electron chi connectivity index (χ0n) is 10.7. The summed E-state index contributed by atoms with van der Waals surface area (Å²) in [6.45, 7) is 0. The number of carboxylic acid groups (broad SMARTS) is 1. The minimum atomic E-state index is -0.915. The normalized spacial score (nSPS) is 10.6. The molecule has 20 heavy (non-hydrogen) atoms. The molecule has 0 aliphatic heterocycles. The van der Waals surface area contributed by atoms with E-state index in [4.69, 9.17) is 5.11 Å². The van der Waals surface area contributed by atoms with Crippen LogP contribution in [0.1, 0.15) is 21.5 Å². The smallest absolute Gasteiger partial charge is 0.307 e. The molecule has 0 fully saturated rings. The Balaban J connectivity index is 2.13. The minimum Gasteiger partial charge on any atom is -0.481 e. The first kappa shape index (κ1) is 13.7. The molecule has 1 aromatic heterocycles. The predicted molar refractivity (Wildman–Crippen MR) is 75.4 cm³/mol. The first-order chi connectivity index (χ1) is 9.65. The highest BCUT2D eigenvalue weighted by Gasteiger charge is 2.05. The molecule has 1 N–H and O–H groups in total. The minimum absolute atomic E-state index is 0.0881. The molecule has 0 saturated heterocycles. The number of carbonyl (C=O) groups excluding carboxylic acids is 1. The topological polar surface area (TPSA) is 67.3 Å². The Labute approximate surface area is 116 Å². The van der Waals surface area contributed by atoms with Gasteiger partial charge in [0, 0.05) is 18.0 Å². The Kier molecular flexibility index (Phi) is 4.39. The largest absolute Gasteiger partial charge is 0.481 e. The van der Waals surface area contributed by atoms with Crippen LogP contribution in [-0.4, -0.2) is 21.8 Å². The fraction of sp³-hybridized carbons (Fsp3) is 0.0625. The van der Waals surface area contributed by atoms with Crippen molar-refractivity contribution in [3.05, 3.63) is 71.6 Å². The van der Waals surface area contributed by atoms with Gasteiger partial charge < -0.3 is 5.11 Å². The van der Waals surface area contributed by atoms with Crippen molar-refractivity contribution in [2.24, 2.45) is 0 Å². The average molecular weight is 267 g/mol. The third-order valence-electron chi connectivity index (χ3n) is 2.70. The molecule has 0 saturated carbocycles. The lowest BCUT2D eigenvalue weighted by molar-refractivity contribution is -0.136. The number of allylic oxidation sites excluding steroid dienone is 1. The maximum absolute atomic E-state index is 12.0. The summed E-state index contributed by atoms with van der Waals surface area (Å²) in [6.07, 6.45) is 6.38. The van der Waals surface area contributed by atoms with Crippen LogP contribution in [0.2, 0.25) is 0 Å². The summed E-state index contributed by atoms with van der Waals surface area (Å²) in [4.78, 5) is 26.6. The Morgan fingerprint density at radius 2 is 1.90 bits per heavy atom. The van der Waals surface area contributed by atoms with Crippen molar-refractivity contribution >= 4 is 17.8 Å². The first-order valence-electron chi connectivity index (χ1n) is 6.08. The van der Waals surface area contributed by atoms with Gasteiger partial charge in [-0.15, -0.1) is 0 Å². The summed E-state index contributed by atoms with van der Waals surface area (Å²) >= 11 is 0. The fourth-order valence-electron chi connectivity index (χ4n) is 1.75. The van der Waals surface area contributed by atoms with Crippen LogP contribution in [0.4, 0.5) is 0 Å². The van der Waals surface area contributed by atoms with E-state index >= 15 is 0 Å². The van der Waals surface area contributed by atoms with Gasteiger partial charge in [-0.05, 0) is 35.4 Å². The molecule has 4 heteroatoms. The van der Waals surface area contributed by atoms with Gasteiger partial charge in [0.15, 0.2) is 5.78 Å². The maximum Gasteiger partial charge on any atom is 0.307 e. The van der Waals surface area contributed by atoms with Crippen LogP contribution in [0, 0.1) is 0 Å². The Hall–Kier alpha value is -2.75. The quantitative estimate of drug-likeness (QED) is 0.668. The number of nitrogens with zero attached hydrogens (tertiary/aromatic N) is 1. The molecule has 1 aromatic carbocycles. The molecule has 0 radical (unpaired) electrons. The van der Waals surface area contributed by atoms with E-state index in [1.807, 2.05) is 0 Å². The van der Waals surface area contributed by atoms with Crippen LogP contribution in [0.5, 0.6) is 0 Å². The lowest BCUT2D eigenvalue weighted by Gasteiger charge is -2.00. The number of ketones is 1. The number of aromatic nitrogens is 1. The maximum atomic E-state index is 12.0. The number of benzene rings is 1. The van der Waals surface area contributed by atoms with Gasteiger partial charge in [-0.25, -0.2) is 0 Å². The van der Waals surface area contributed by atoms with Gasteiger partial charge in [-0.3, -0.25) is 14.6 Å². The summed E-state index contributed by atoms with van der Waals surface area (Å²) in [6, 6.07) is 10.2. The van der Waals surface area contributed by atoms with E-state index in [0.29, 0.717) is 11.1 Å². The zero-order valence-corrected chi connectivity index (χ0v) is 10.7. The summed E-state index contributed by atoms with van der Waals surface area (Å²) in [5.74, 6) is -1.07. The molecule has 2 rings (SSSR count). The second-order valence-corrected chi connectivity index (χ2v) is 4.25. The predicted octanol–water partition coefficient (Wildman–Crippen LogP) is 2.60. The third-order valence-corrected chi connectivity index (χ3v) is 2.70. The number of carboxylic acids is 1. The molecule has 0 aliphatic carbocycles. The summed E-state index contributed by atoms with van der Waals surface area (Å²) in [5, 5.41) is 8.74. The molecular formula is C16H13NO3. The Morgan fingerprint density at radius 1 is 1.15 bits per heavy atom. The molecular weight excluding hydrogens is 254 g/mol. The van der Waals surface area contributed by atoms with E-state index in [0.717, 1.165) is 5.56 Å². The van der Waals surface area contributed by atoms with E-state index in [1.165, 1.54) is 6.08 Å². The highest BCUT2D eigenvalue weighted by atomic mass is 16.4. The molecule has 0 atom stereocenters. The molecule has 0 bridgehead atoms. The van der Waals surface area contributed by atoms with Gasteiger partial charge in [-0.2, -0.15) is 0 Å². The van der Waals surface area contributed by atoms with Gasteiger partial charge in [0.1, 0.15) is 0 Å². The van der Waals surface area contributed by atoms with Crippen LogP contribution < -0.4 is 0 Å². The molecule has 4 nitrogen and oxygen atoms in total. The van der Waals surface area contributed by atoms with Crippen LogP contribution in [0.3, 0.4) is 0 Å². The van der Waals surface area contributed by atoms with Crippen molar-refractivity contribution < 1.29 is 14.7 Å². The molecule has 1 heterocycles. The third kappa shape index (κ3) is 3.88. The average Bonchev–Trinajstić information content (AvgIpc) is 2.45. The number of rotatable bonds is 5. The highest BCUT2D eigenvalue weighted by Crippen LogP contribution is 2.09. The number of hydrogen-bond donors (Lipinski definition) is 1. The van der Waals surface area contributed by atoms with Crippen LogP contribution in [0.25, 0.3) is 6.08 Å². The van der Waals surface area contributed by atoms with Crippen molar-refractivity contribution in [3.63, 3.8) is 0 Å². The monoisotopic (exact) mass is 267 g/mol. The summed E-state index contributed by atoms with van der Waals surface area (Å²) in [5.41, 5.74) is 1.98. The number of aliphatic carboxylic acids is 1. The van der Waals surface area contributed by atoms with E-state index < -0.39 is 5.97 Å². The van der Waals surface area contributed by atoms with Crippen LogP contribution in [-0.2, 0) is 11.2 Å². The standard InChI is InChI=1S/C16H13NO3/c18-15(5-4-12-6-8-17-9-7-12)14-3-1-2-13(10-14)11-16(19)20/h1-10H,11H2,(H,19,20). The Morgan fingerprint density at radius 3 is 2.60 bits per heavy atom. The van der Waals surface area contributed by atoms with Gasteiger partial charge in [-0.1, -0.05) is 24.3 Å². The van der Waals surface area contributed by atoms with Gasteiger partial charge in [0.05, 0.1) is 6.42 Å². The molecule has 0 unspecified atom stereocenters.